The van der Waals surface area contributed by atoms with E-state index in [4.69, 9.17) is 27.9 Å². The van der Waals surface area contributed by atoms with Crippen molar-refractivity contribution in [2.24, 2.45) is 0 Å². The van der Waals surface area contributed by atoms with Gasteiger partial charge < -0.3 is 15.0 Å². The number of hydrogen-bond donors (Lipinski definition) is 1. The number of methoxy groups -OCH3 is 1. The Hall–Kier alpha value is -1.85. The van der Waals surface area contributed by atoms with Gasteiger partial charge in [0.1, 0.15) is 5.75 Å². The Bertz CT molecular complexity index is 1000. The van der Waals surface area contributed by atoms with Crippen LogP contribution in [-0.4, -0.2) is 42.7 Å². The lowest BCUT2D eigenvalue weighted by atomic mass is 10.0. The average Bonchev–Trinajstić information content (AvgIpc) is 2.78. The Morgan fingerprint density at radius 1 is 1.07 bits per heavy atom. The van der Waals surface area contributed by atoms with Gasteiger partial charge in [-0.2, -0.15) is 0 Å². The van der Waals surface area contributed by atoms with Gasteiger partial charge in [-0.05, 0) is 79.9 Å². The van der Waals surface area contributed by atoms with Crippen LogP contribution < -0.4 is 10.1 Å². The molecule has 1 aliphatic rings. The van der Waals surface area contributed by atoms with Gasteiger partial charge in [0.25, 0.3) is 0 Å². The van der Waals surface area contributed by atoms with Gasteiger partial charge in [-0.15, -0.1) is 0 Å². The topological polar surface area (TPSA) is 37.4 Å². The molecule has 0 aliphatic carbocycles. The summed E-state index contributed by atoms with van der Waals surface area (Å²) in [5.41, 5.74) is 3.53. The molecule has 0 saturated carbocycles. The number of ether oxygens (including phenoxy) is 1. The van der Waals surface area contributed by atoms with E-state index < -0.39 is 0 Å². The van der Waals surface area contributed by atoms with Crippen LogP contribution in [0.2, 0.25) is 10.0 Å². The van der Waals surface area contributed by atoms with Crippen LogP contribution in [0.15, 0.2) is 48.7 Å². The van der Waals surface area contributed by atoms with Crippen molar-refractivity contribution in [3.63, 3.8) is 0 Å². The molecule has 0 spiro atoms. The van der Waals surface area contributed by atoms with E-state index in [0.29, 0.717) is 16.1 Å². The molecule has 0 bridgehead atoms. The highest BCUT2D eigenvalue weighted by Gasteiger charge is 2.19. The second kappa shape index (κ2) is 9.97. The number of likely N-dealkylation sites (tertiary alicyclic amines) is 1. The van der Waals surface area contributed by atoms with Crippen molar-refractivity contribution in [1.82, 2.24) is 15.2 Å². The van der Waals surface area contributed by atoms with Crippen LogP contribution in [0.25, 0.3) is 10.9 Å². The first-order valence-corrected chi connectivity index (χ1v) is 11.2. The summed E-state index contributed by atoms with van der Waals surface area (Å²) in [6, 6.07) is 14.6. The Morgan fingerprint density at radius 2 is 1.90 bits per heavy atom. The van der Waals surface area contributed by atoms with E-state index in [1.807, 2.05) is 36.5 Å². The molecule has 0 amide bonds. The summed E-state index contributed by atoms with van der Waals surface area (Å²) in [5, 5.41) is 6.08. The van der Waals surface area contributed by atoms with E-state index >= 15 is 0 Å². The second-order valence-corrected chi connectivity index (χ2v) is 8.66. The van der Waals surface area contributed by atoms with E-state index in [-0.39, 0.29) is 0 Å². The quantitative estimate of drug-likeness (QED) is 0.533. The molecule has 1 fully saturated rings. The molecule has 3 aromatic rings. The molecule has 158 valence electrons. The maximum absolute atomic E-state index is 6.12. The molecule has 1 aliphatic heterocycles. The lowest BCUT2D eigenvalue weighted by molar-refractivity contribution is 0.199. The van der Waals surface area contributed by atoms with E-state index in [1.54, 1.807) is 7.11 Å². The van der Waals surface area contributed by atoms with Crippen molar-refractivity contribution in [3.05, 3.63) is 69.8 Å². The van der Waals surface area contributed by atoms with Crippen LogP contribution in [0.4, 0.5) is 0 Å². The number of fused-ring (bicyclic) bond motifs is 1. The Kier molecular flexibility index (Phi) is 7.11. The molecule has 1 N–H and O–H groups in total. The van der Waals surface area contributed by atoms with Crippen molar-refractivity contribution in [1.29, 1.82) is 0 Å². The van der Waals surface area contributed by atoms with Gasteiger partial charge in [0, 0.05) is 30.7 Å². The molecule has 2 aromatic carbocycles. The van der Waals surface area contributed by atoms with E-state index in [1.165, 1.54) is 16.5 Å². The fourth-order valence-corrected chi connectivity index (χ4v) is 4.40. The third-order valence-electron chi connectivity index (χ3n) is 5.90. The van der Waals surface area contributed by atoms with Crippen LogP contribution in [-0.2, 0) is 13.0 Å². The number of aromatic nitrogens is 1. The number of halogens is 2. The van der Waals surface area contributed by atoms with Crippen molar-refractivity contribution >= 4 is 34.1 Å². The zero-order valence-corrected chi connectivity index (χ0v) is 18.7. The largest absolute Gasteiger partial charge is 0.497 e. The van der Waals surface area contributed by atoms with Crippen LogP contribution in [0.1, 0.15) is 24.0 Å². The number of rotatable bonds is 7. The number of hydrogen-bond acceptors (Lipinski definition) is 4. The molecular formula is C24H27Cl2N3O. The maximum Gasteiger partial charge on any atom is 0.119 e. The highest BCUT2D eigenvalue weighted by Crippen LogP contribution is 2.24. The van der Waals surface area contributed by atoms with Gasteiger partial charge in [0.05, 0.1) is 22.7 Å². The van der Waals surface area contributed by atoms with Gasteiger partial charge in [-0.1, -0.05) is 29.3 Å². The zero-order valence-electron chi connectivity index (χ0n) is 17.2. The van der Waals surface area contributed by atoms with Gasteiger partial charge in [-0.25, -0.2) is 0 Å². The third kappa shape index (κ3) is 5.25. The van der Waals surface area contributed by atoms with Crippen molar-refractivity contribution in [2.45, 2.75) is 31.8 Å². The lowest BCUT2D eigenvalue weighted by Gasteiger charge is -2.32. The Balaban J connectivity index is 1.27. The monoisotopic (exact) mass is 443 g/mol. The smallest absolute Gasteiger partial charge is 0.119 e. The first-order chi connectivity index (χ1) is 14.6. The SMILES string of the molecule is COc1ccc2nccc(CCN3CCC(NCc4ccc(Cl)c(Cl)c4)CC3)c2c1. The molecule has 4 nitrogen and oxygen atoms in total. The number of nitrogens with one attached hydrogen (secondary N) is 1. The second-order valence-electron chi connectivity index (χ2n) is 7.85. The maximum atomic E-state index is 6.12. The fourth-order valence-electron chi connectivity index (χ4n) is 4.08. The van der Waals surface area contributed by atoms with Gasteiger partial charge in [0.2, 0.25) is 0 Å². The summed E-state index contributed by atoms with van der Waals surface area (Å²) in [6.45, 7) is 4.12. The van der Waals surface area contributed by atoms with Crippen molar-refractivity contribution in [3.8, 4) is 5.75 Å². The number of piperidine rings is 1. The first-order valence-electron chi connectivity index (χ1n) is 10.4. The minimum atomic E-state index is 0.543. The molecule has 4 rings (SSSR count). The van der Waals surface area contributed by atoms with Gasteiger partial charge >= 0.3 is 0 Å². The fraction of sp³-hybridized carbons (Fsp3) is 0.375. The van der Waals surface area contributed by atoms with Crippen LogP contribution in [0, 0.1) is 0 Å². The summed E-state index contributed by atoms with van der Waals surface area (Å²) in [6.07, 6.45) is 5.25. The van der Waals surface area contributed by atoms with E-state index in [2.05, 4.69) is 27.3 Å². The van der Waals surface area contributed by atoms with Gasteiger partial charge in [-0.3, -0.25) is 4.98 Å². The molecule has 30 heavy (non-hydrogen) atoms. The Labute approximate surface area is 188 Å². The van der Waals surface area contributed by atoms with Crippen LogP contribution in [0.5, 0.6) is 5.75 Å². The van der Waals surface area contributed by atoms with Crippen molar-refractivity contribution in [2.75, 3.05) is 26.7 Å². The minimum Gasteiger partial charge on any atom is -0.497 e. The number of benzene rings is 2. The average molecular weight is 444 g/mol. The molecule has 2 heterocycles. The predicted octanol–water partition coefficient (Wildman–Crippen LogP) is 5.35. The van der Waals surface area contributed by atoms with E-state index in [9.17, 15) is 0 Å². The normalized spacial score (nSPS) is 15.6. The molecule has 0 radical (unpaired) electrons. The minimum absolute atomic E-state index is 0.543. The summed E-state index contributed by atoms with van der Waals surface area (Å²) < 4.78 is 5.39. The number of pyridine rings is 1. The highest BCUT2D eigenvalue weighted by molar-refractivity contribution is 6.42. The van der Waals surface area contributed by atoms with Crippen LogP contribution in [0.3, 0.4) is 0 Å². The lowest BCUT2D eigenvalue weighted by Crippen LogP contribution is -2.42. The number of nitrogens with zero attached hydrogens (tertiary/aromatic N) is 2. The molecule has 0 unspecified atom stereocenters. The molecular weight excluding hydrogens is 417 g/mol. The zero-order chi connectivity index (χ0) is 20.9. The van der Waals surface area contributed by atoms with Crippen LogP contribution >= 0.6 is 23.2 Å². The third-order valence-corrected chi connectivity index (χ3v) is 6.64. The molecule has 6 heteroatoms. The molecule has 1 saturated heterocycles. The summed E-state index contributed by atoms with van der Waals surface area (Å²) in [7, 11) is 1.71. The Morgan fingerprint density at radius 3 is 2.67 bits per heavy atom. The first kappa shape index (κ1) is 21.4. The standard InChI is InChI=1S/C24H27Cl2N3O/c1-30-20-3-5-24-21(15-20)18(6-10-27-24)7-11-29-12-8-19(9-13-29)28-16-17-2-4-22(25)23(26)14-17/h2-6,10,14-15,19,28H,7-9,11-13,16H2,1H3. The predicted molar refractivity (Wildman–Crippen MR) is 125 cm³/mol. The molecule has 0 atom stereocenters. The summed E-state index contributed by atoms with van der Waals surface area (Å²) in [4.78, 5) is 7.04. The molecule has 1 aromatic heterocycles. The van der Waals surface area contributed by atoms with E-state index in [0.717, 1.165) is 56.7 Å². The summed E-state index contributed by atoms with van der Waals surface area (Å²) >= 11 is 12.1. The highest BCUT2D eigenvalue weighted by atomic mass is 35.5. The van der Waals surface area contributed by atoms with Gasteiger partial charge in [0.15, 0.2) is 0 Å². The van der Waals surface area contributed by atoms with Crippen molar-refractivity contribution < 1.29 is 4.74 Å². The summed E-state index contributed by atoms with van der Waals surface area (Å²) in [5.74, 6) is 0.880.